The Morgan fingerprint density at radius 2 is 1.80 bits per heavy atom. The van der Waals surface area contributed by atoms with E-state index in [9.17, 15) is 9.59 Å². The van der Waals surface area contributed by atoms with Gasteiger partial charge < -0.3 is 15.2 Å². The minimum absolute atomic E-state index is 0.145. The van der Waals surface area contributed by atoms with E-state index < -0.39 is 12.1 Å². The largest absolute Gasteiger partial charge is 0.480 e. The summed E-state index contributed by atoms with van der Waals surface area (Å²) in [5, 5.41) is 11.8. The van der Waals surface area contributed by atoms with Crippen LogP contribution in [-0.4, -0.2) is 29.6 Å². The van der Waals surface area contributed by atoms with Gasteiger partial charge in [0, 0.05) is 6.54 Å². The van der Waals surface area contributed by atoms with E-state index >= 15 is 0 Å². The Morgan fingerprint density at radius 1 is 1.12 bits per heavy atom. The number of benzene rings is 2. The second kappa shape index (κ2) is 8.87. The third-order valence-electron chi connectivity index (χ3n) is 3.94. The van der Waals surface area contributed by atoms with E-state index in [2.05, 4.69) is 5.32 Å². The van der Waals surface area contributed by atoms with Crippen LogP contribution in [0.5, 0.6) is 5.75 Å². The monoisotopic (exact) mass is 341 g/mol. The van der Waals surface area contributed by atoms with Gasteiger partial charge in [-0.2, -0.15) is 0 Å². The molecule has 0 aromatic heterocycles. The number of aryl methyl sites for hydroxylation is 1. The maximum absolute atomic E-state index is 12.3. The number of carbonyl (C=O) groups is 2. The Morgan fingerprint density at radius 3 is 2.40 bits per heavy atom. The fourth-order valence-electron chi connectivity index (χ4n) is 2.42. The number of nitrogens with one attached hydrogen (secondary N) is 1. The van der Waals surface area contributed by atoms with Crippen molar-refractivity contribution in [2.45, 2.75) is 32.8 Å². The quantitative estimate of drug-likeness (QED) is 0.773. The van der Waals surface area contributed by atoms with Crippen molar-refractivity contribution in [2.24, 2.45) is 0 Å². The van der Waals surface area contributed by atoms with Crippen molar-refractivity contribution in [3.8, 4) is 5.75 Å². The molecule has 2 aromatic rings. The lowest BCUT2D eigenvalue weighted by molar-refractivity contribution is -0.128. The third-order valence-corrected chi connectivity index (χ3v) is 3.94. The van der Waals surface area contributed by atoms with Crippen molar-refractivity contribution in [1.29, 1.82) is 0 Å². The van der Waals surface area contributed by atoms with Gasteiger partial charge in [-0.05, 0) is 49.1 Å². The molecule has 132 valence electrons. The summed E-state index contributed by atoms with van der Waals surface area (Å²) in [6.07, 6.45) is 0.676. The summed E-state index contributed by atoms with van der Waals surface area (Å²) in [4.78, 5) is 23.1. The summed E-state index contributed by atoms with van der Waals surface area (Å²) in [5.41, 5.74) is 2.22. The highest BCUT2D eigenvalue weighted by Crippen LogP contribution is 2.18. The standard InChI is InChI=1S/C20H23NO4/c1-3-17(25-18-7-5-4-6-14(18)2)19(22)21-13-12-15-8-10-16(11-9-15)20(23)24/h4-11,17H,3,12-13H2,1-2H3,(H,21,22)(H,23,24). The lowest BCUT2D eigenvalue weighted by Crippen LogP contribution is -2.39. The van der Waals surface area contributed by atoms with Gasteiger partial charge in [-0.1, -0.05) is 37.3 Å². The van der Waals surface area contributed by atoms with Crippen LogP contribution in [0.15, 0.2) is 48.5 Å². The first-order valence-corrected chi connectivity index (χ1v) is 8.33. The molecule has 0 bridgehead atoms. The van der Waals surface area contributed by atoms with E-state index in [1.54, 1.807) is 24.3 Å². The van der Waals surface area contributed by atoms with Crippen LogP contribution in [0.2, 0.25) is 0 Å². The van der Waals surface area contributed by atoms with Crippen LogP contribution in [0.1, 0.15) is 34.8 Å². The van der Waals surface area contributed by atoms with Gasteiger partial charge in [-0.15, -0.1) is 0 Å². The molecule has 0 aliphatic carbocycles. The van der Waals surface area contributed by atoms with E-state index in [0.29, 0.717) is 25.1 Å². The predicted octanol–water partition coefficient (Wildman–Crippen LogP) is 3.21. The number of ether oxygens (including phenoxy) is 1. The molecule has 0 heterocycles. The maximum Gasteiger partial charge on any atom is 0.335 e. The molecule has 0 fully saturated rings. The molecule has 2 aromatic carbocycles. The maximum atomic E-state index is 12.3. The molecule has 0 saturated heterocycles. The molecule has 1 amide bonds. The third kappa shape index (κ3) is 5.35. The van der Waals surface area contributed by atoms with Crippen molar-refractivity contribution >= 4 is 11.9 Å². The number of carboxylic acid groups (broad SMARTS) is 1. The number of rotatable bonds is 8. The highest BCUT2D eigenvalue weighted by atomic mass is 16.5. The van der Waals surface area contributed by atoms with Gasteiger partial charge in [0.25, 0.3) is 5.91 Å². The van der Waals surface area contributed by atoms with Gasteiger partial charge in [0.1, 0.15) is 5.75 Å². The molecule has 5 nitrogen and oxygen atoms in total. The fourth-order valence-corrected chi connectivity index (χ4v) is 2.42. The van der Waals surface area contributed by atoms with Crippen LogP contribution in [0, 0.1) is 6.92 Å². The van der Waals surface area contributed by atoms with Crippen LogP contribution >= 0.6 is 0 Å². The van der Waals surface area contributed by atoms with E-state index in [1.807, 2.05) is 38.1 Å². The Balaban J connectivity index is 1.85. The molecule has 0 radical (unpaired) electrons. The lowest BCUT2D eigenvalue weighted by Gasteiger charge is -2.18. The molecule has 5 heteroatoms. The molecule has 1 unspecified atom stereocenters. The van der Waals surface area contributed by atoms with Gasteiger partial charge in [-0.25, -0.2) is 4.79 Å². The molecular weight excluding hydrogens is 318 g/mol. The zero-order valence-electron chi connectivity index (χ0n) is 14.5. The average Bonchev–Trinajstić information content (AvgIpc) is 2.61. The highest BCUT2D eigenvalue weighted by Gasteiger charge is 2.18. The minimum Gasteiger partial charge on any atom is -0.480 e. The first-order chi connectivity index (χ1) is 12.0. The van der Waals surface area contributed by atoms with Gasteiger partial charge >= 0.3 is 5.97 Å². The molecule has 2 N–H and O–H groups in total. The molecule has 0 aliphatic heterocycles. The minimum atomic E-state index is -0.945. The van der Waals surface area contributed by atoms with Crippen molar-refractivity contribution in [2.75, 3.05) is 6.54 Å². The van der Waals surface area contributed by atoms with Gasteiger partial charge in [0.15, 0.2) is 6.10 Å². The second-order valence-electron chi connectivity index (χ2n) is 5.82. The lowest BCUT2D eigenvalue weighted by atomic mass is 10.1. The summed E-state index contributed by atoms with van der Waals surface area (Å²) in [6, 6.07) is 14.3. The number of carboxylic acids is 1. The molecular formula is C20H23NO4. The predicted molar refractivity (Wildman–Crippen MR) is 96.0 cm³/mol. The fraction of sp³-hybridized carbons (Fsp3) is 0.300. The molecule has 1 atom stereocenters. The summed E-state index contributed by atoms with van der Waals surface area (Å²) < 4.78 is 5.82. The number of carbonyl (C=O) groups excluding carboxylic acids is 1. The molecule has 0 aliphatic rings. The van der Waals surface area contributed by atoms with Gasteiger partial charge in [0.05, 0.1) is 5.56 Å². The zero-order valence-corrected chi connectivity index (χ0v) is 14.5. The summed E-state index contributed by atoms with van der Waals surface area (Å²) >= 11 is 0. The summed E-state index contributed by atoms with van der Waals surface area (Å²) in [5.74, 6) is -0.374. The Bertz CT molecular complexity index is 725. The molecule has 0 saturated carbocycles. The normalized spacial score (nSPS) is 11.6. The van der Waals surface area contributed by atoms with Crippen molar-refractivity contribution < 1.29 is 19.4 Å². The first-order valence-electron chi connectivity index (χ1n) is 8.33. The average molecular weight is 341 g/mol. The molecule has 0 spiro atoms. The van der Waals surface area contributed by atoms with E-state index in [1.165, 1.54) is 0 Å². The number of hydrogen-bond acceptors (Lipinski definition) is 3. The highest BCUT2D eigenvalue weighted by molar-refractivity contribution is 5.87. The zero-order chi connectivity index (χ0) is 18.2. The Kier molecular flexibility index (Phi) is 6.57. The molecule has 2 rings (SSSR count). The van der Waals surface area contributed by atoms with Crippen LogP contribution in [0.4, 0.5) is 0 Å². The topological polar surface area (TPSA) is 75.6 Å². The second-order valence-corrected chi connectivity index (χ2v) is 5.82. The number of amides is 1. The summed E-state index contributed by atoms with van der Waals surface area (Å²) in [6.45, 7) is 4.33. The Labute approximate surface area is 147 Å². The van der Waals surface area contributed by atoms with Crippen LogP contribution in [0.3, 0.4) is 0 Å². The van der Waals surface area contributed by atoms with E-state index in [4.69, 9.17) is 9.84 Å². The smallest absolute Gasteiger partial charge is 0.335 e. The van der Waals surface area contributed by atoms with Crippen LogP contribution < -0.4 is 10.1 Å². The number of para-hydroxylation sites is 1. The van der Waals surface area contributed by atoms with Crippen molar-refractivity contribution in [3.63, 3.8) is 0 Å². The van der Waals surface area contributed by atoms with Gasteiger partial charge in [-0.3, -0.25) is 4.79 Å². The van der Waals surface area contributed by atoms with Crippen molar-refractivity contribution in [1.82, 2.24) is 5.32 Å². The number of hydrogen-bond donors (Lipinski definition) is 2. The van der Waals surface area contributed by atoms with E-state index in [-0.39, 0.29) is 11.5 Å². The van der Waals surface area contributed by atoms with Crippen LogP contribution in [0.25, 0.3) is 0 Å². The van der Waals surface area contributed by atoms with Crippen LogP contribution in [-0.2, 0) is 11.2 Å². The van der Waals surface area contributed by atoms with Gasteiger partial charge in [0.2, 0.25) is 0 Å². The summed E-state index contributed by atoms with van der Waals surface area (Å²) in [7, 11) is 0. The van der Waals surface area contributed by atoms with Crippen molar-refractivity contribution in [3.05, 3.63) is 65.2 Å². The number of aromatic carboxylic acids is 1. The first kappa shape index (κ1) is 18.5. The molecule has 25 heavy (non-hydrogen) atoms. The SMILES string of the molecule is CCC(Oc1ccccc1C)C(=O)NCCc1ccc(C(=O)O)cc1. The Hall–Kier alpha value is -2.82. The van der Waals surface area contributed by atoms with E-state index in [0.717, 1.165) is 11.1 Å².